The van der Waals surface area contributed by atoms with Crippen molar-refractivity contribution in [2.45, 2.75) is 11.7 Å². The van der Waals surface area contributed by atoms with Gasteiger partial charge in [0.05, 0.1) is 16.8 Å². The van der Waals surface area contributed by atoms with Gasteiger partial charge in [-0.15, -0.1) is 0 Å². The van der Waals surface area contributed by atoms with Crippen LogP contribution >= 0.6 is 0 Å². The van der Waals surface area contributed by atoms with Gasteiger partial charge in [-0.1, -0.05) is 0 Å². The van der Waals surface area contributed by atoms with E-state index in [1.807, 2.05) is 0 Å². The lowest BCUT2D eigenvalue weighted by Crippen LogP contribution is -2.33. The number of carboxylic acid groups (broad SMARTS) is 1. The predicted molar refractivity (Wildman–Crippen MR) is 86.2 cm³/mol. The molecule has 27 heavy (non-hydrogen) atoms. The first-order chi connectivity index (χ1) is 12.6. The minimum Gasteiger partial charge on any atom is -0.478 e. The van der Waals surface area contributed by atoms with Gasteiger partial charge in [0.1, 0.15) is 5.82 Å². The van der Waals surface area contributed by atoms with Crippen LogP contribution in [0, 0.1) is 5.82 Å². The molecule has 1 aliphatic heterocycles. The number of allylic oxidation sites excluding steroid dienone is 1. The van der Waals surface area contributed by atoms with Crippen molar-refractivity contribution in [3.63, 3.8) is 0 Å². The van der Waals surface area contributed by atoms with E-state index in [2.05, 4.69) is 9.98 Å². The molecule has 0 saturated heterocycles. The monoisotopic (exact) mass is 378 g/mol. The Morgan fingerprint density at radius 1 is 1.11 bits per heavy atom. The number of halogens is 4. The van der Waals surface area contributed by atoms with Gasteiger partial charge in [0, 0.05) is 18.0 Å². The largest absolute Gasteiger partial charge is 0.478 e. The molecule has 1 N–H and O–H groups in total. The third-order valence-electron chi connectivity index (χ3n) is 3.98. The van der Waals surface area contributed by atoms with Crippen LogP contribution in [0.1, 0.15) is 32.0 Å². The Kier molecular flexibility index (Phi) is 4.38. The predicted octanol–water partition coefficient (Wildman–Crippen LogP) is 3.66. The lowest BCUT2D eigenvalue weighted by molar-refractivity contribution is -0.138. The van der Waals surface area contributed by atoms with Gasteiger partial charge in [-0.05, 0) is 42.5 Å². The number of rotatable bonds is 4. The van der Waals surface area contributed by atoms with Gasteiger partial charge in [0.15, 0.2) is 5.54 Å². The molecule has 0 amide bonds. The van der Waals surface area contributed by atoms with Crippen LogP contribution < -0.4 is 0 Å². The molecule has 5 nitrogen and oxygen atoms in total. The van der Waals surface area contributed by atoms with E-state index in [-0.39, 0.29) is 17.3 Å². The smallest absolute Gasteiger partial charge is 0.417 e. The van der Waals surface area contributed by atoms with E-state index in [9.17, 15) is 27.2 Å². The summed E-state index contributed by atoms with van der Waals surface area (Å²) in [6.07, 6.45) is -0.144. The van der Waals surface area contributed by atoms with Crippen LogP contribution in [0.15, 0.2) is 53.7 Å². The van der Waals surface area contributed by atoms with Crippen LogP contribution in [0.3, 0.4) is 0 Å². The molecule has 1 aromatic heterocycles. The highest BCUT2D eigenvalue weighted by molar-refractivity contribution is 6.08. The zero-order valence-corrected chi connectivity index (χ0v) is 13.4. The highest BCUT2D eigenvalue weighted by atomic mass is 19.4. The first kappa shape index (κ1) is 18.4. The summed E-state index contributed by atoms with van der Waals surface area (Å²) in [5.74, 6) is -3.45. The number of pyridine rings is 1. The number of aromatic carboxylic acids is 1. The Morgan fingerprint density at radius 3 is 2.37 bits per heavy atom. The van der Waals surface area contributed by atoms with Gasteiger partial charge in [0.2, 0.25) is 5.78 Å². The molecule has 3 rings (SSSR count). The summed E-state index contributed by atoms with van der Waals surface area (Å²) in [5.41, 5.74) is -4.30. The summed E-state index contributed by atoms with van der Waals surface area (Å²) in [4.78, 5) is 31.8. The van der Waals surface area contributed by atoms with Crippen LogP contribution in [0.4, 0.5) is 17.6 Å². The minimum absolute atomic E-state index is 0.0556. The second-order valence-corrected chi connectivity index (χ2v) is 5.66. The molecule has 1 unspecified atom stereocenters. The Labute approximate surface area is 149 Å². The molecule has 1 aliphatic rings. The van der Waals surface area contributed by atoms with Gasteiger partial charge in [-0.2, -0.15) is 13.2 Å². The molecule has 9 heteroatoms. The number of benzene rings is 1. The number of nitrogens with zero attached hydrogens (tertiary/aromatic N) is 2. The highest BCUT2D eigenvalue weighted by Crippen LogP contribution is 2.38. The number of Topliss-reactive ketones (excluding diaryl/α,β-unsaturated/α-hetero) is 1. The Hall–Kier alpha value is -3.36. The molecule has 1 aromatic carbocycles. The summed E-state index contributed by atoms with van der Waals surface area (Å²) < 4.78 is 53.2. The summed E-state index contributed by atoms with van der Waals surface area (Å²) in [5, 5.41) is 8.93. The van der Waals surface area contributed by atoms with Crippen molar-refractivity contribution in [2.24, 2.45) is 4.99 Å². The van der Waals surface area contributed by atoms with Gasteiger partial charge >= 0.3 is 12.1 Å². The standard InChI is InChI=1S/C18H10F4N2O3/c19-11-3-4-12(13(8-11)18(20,21)22)15(25)17(6-1-7-24-17)14-5-2-10(9-23-14)16(26)27/h1-9H,(H,26,27). The third kappa shape index (κ3) is 3.23. The number of hydrogen-bond acceptors (Lipinski definition) is 4. The first-order valence-electron chi connectivity index (χ1n) is 7.49. The number of carbonyl (C=O) groups excluding carboxylic acids is 1. The van der Waals surface area contributed by atoms with Crippen LogP contribution in [-0.2, 0) is 11.7 Å². The van der Waals surface area contributed by atoms with Crippen molar-refractivity contribution >= 4 is 18.0 Å². The molecule has 0 radical (unpaired) electrons. The number of hydrogen-bond donors (Lipinski definition) is 1. The summed E-state index contributed by atoms with van der Waals surface area (Å²) in [7, 11) is 0. The zero-order valence-electron chi connectivity index (χ0n) is 13.4. The second-order valence-electron chi connectivity index (χ2n) is 5.66. The van der Waals surface area contributed by atoms with Crippen molar-refractivity contribution < 1.29 is 32.3 Å². The third-order valence-corrected chi connectivity index (χ3v) is 3.98. The zero-order chi connectivity index (χ0) is 19.8. The molecule has 2 heterocycles. The van der Waals surface area contributed by atoms with Crippen molar-refractivity contribution in [3.05, 3.63) is 76.9 Å². The Morgan fingerprint density at radius 2 is 1.85 bits per heavy atom. The molecule has 0 aliphatic carbocycles. The van der Waals surface area contributed by atoms with Gasteiger partial charge in [0.25, 0.3) is 0 Å². The number of aromatic nitrogens is 1. The molecule has 0 fully saturated rings. The minimum atomic E-state index is -4.96. The summed E-state index contributed by atoms with van der Waals surface area (Å²) in [6.45, 7) is 0. The number of alkyl halides is 3. The van der Waals surface area contributed by atoms with E-state index < -0.39 is 40.4 Å². The average Bonchev–Trinajstić information content (AvgIpc) is 3.11. The maximum Gasteiger partial charge on any atom is 0.417 e. The van der Waals surface area contributed by atoms with Crippen LogP contribution in [-0.4, -0.2) is 28.1 Å². The van der Waals surface area contributed by atoms with E-state index in [0.29, 0.717) is 0 Å². The fourth-order valence-corrected chi connectivity index (χ4v) is 2.69. The first-order valence-corrected chi connectivity index (χ1v) is 7.49. The van der Waals surface area contributed by atoms with Crippen LogP contribution in [0.2, 0.25) is 0 Å². The van der Waals surface area contributed by atoms with E-state index >= 15 is 0 Å². The number of ketones is 1. The highest BCUT2D eigenvalue weighted by Gasteiger charge is 2.45. The quantitative estimate of drug-likeness (QED) is 0.651. The summed E-state index contributed by atoms with van der Waals surface area (Å²) in [6, 6.07) is 4.10. The maximum atomic E-state index is 13.3. The second kappa shape index (κ2) is 6.42. The molecule has 0 saturated carbocycles. The Balaban J connectivity index is 2.15. The molecule has 0 spiro atoms. The topological polar surface area (TPSA) is 79.6 Å². The molecule has 2 aromatic rings. The van der Waals surface area contributed by atoms with Gasteiger partial charge in [-0.3, -0.25) is 14.8 Å². The van der Waals surface area contributed by atoms with Gasteiger partial charge in [-0.25, -0.2) is 9.18 Å². The van der Waals surface area contributed by atoms with Gasteiger partial charge < -0.3 is 5.11 Å². The number of carbonyl (C=O) groups is 2. The van der Waals surface area contributed by atoms with Crippen molar-refractivity contribution in [1.29, 1.82) is 0 Å². The fourth-order valence-electron chi connectivity index (χ4n) is 2.69. The van der Waals surface area contributed by atoms with Crippen molar-refractivity contribution in [2.75, 3.05) is 0 Å². The molecule has 0 bridgehead atoms. The maximum absolute atomic E-state index is 13.3. The fraction of sp³-hybridized carbons (Fsp3) is 0.111. The number of carboxylic acids is 1. The number of aliphatic imine (C=N–C) groups is 1. The van der Waals surface area contributed by atoms with Crippen LogP contribution in [0.5, 0.6) is 0 Å². The van der Waals surface area contributed by atoms with Crippen LogP contribution in [0.25, 0.3) is 0 Å². The van der Waals surface area contributed by atoms with E-state index in [1.165, 1.54) is 24.4 Å². The lowest BCUT2D eigenvalue weighted by Gasteiger charge is -2.24. The average molecular weight is 378 g/mol. The normalized spacial score (nSPS) is 18.7. The van der Waals surface area contributed by atoms with E-state index in [1.54, 1.807) is 0 Å². The Bertz CT molecular complexity index is 967. The molecule has 138 valence electrons. The van der Waals surface area contributed by atoms with Crippen molar-refractivity contribution in [1.82, 2.24) is 4.98 Å². The summed E-state index contributed by atoms with van der Waals surface area (Å²) >= 11 is 0. The van der Waals surface area contributed by atoms with Crippen molar-refractivity contribution in [3.8, 4) is 0 Å². The lowest BCUT2D eigenvalue weighted by atomic mass is 9.84. The SMILES string of the molecule is O=C(O)c1ccc(C2(C(=O)c3ccc(F)cc3C(F)(F)F)C=CC=N2)nc1. The molecular weight excluding hydrogens is 368 g/mol. The van der Waals surface area contributed by atoms with E-state index in [0.717, 1.165) is 24.4 Å². The molecule has 1 atom stereocenters. The van der Waals surface area contributed by atoms with E-state index in [4.69, 9.17) is 5.11 Å². The molecular formula is C18H10F4N2O3.